The number of methoxy groups -OCH3 is 1. The van der Waals surface area contributed by atoms with Crippen molar-refractivity contribution in [1.82, 2.24) is 4.72 Å². The average Bonchev–Trinajstić information content (AvgIpc) is 2.43. The van der Waals surface area contributed by atoms with E-state index in [1.165, 1.54) is 13.2 Å². The molecule has 0 aliphatic rings. The van der Waals surface area contributed by atoms with Gasteiger partial charge in [-0.05, 0) is 43.6 Å². The predicted molar refractivity (Wildman–Crippen MR) is 81.8 cm³/mol. The summed E-state index contributed by atoms with van der Waals surface area (Å²) in [6.07, 6.45) is 2.34. The minimum Gasteiger partial charge on any atom is -0.495 e. The maximum absolute atomic E-state index is 13.3. The molecule has 0 aliphatic carbocycles. The maximum Gasteiger partial charge on any atom is 0.244 e. The molecule has 1 rings (SSSR count). The van der Waals surface area contributed by atoms with Gasteiger partial charge in [0.2, 0.25) is 10.0 Å². The number of sulfonamides is 1. The van der Waals surface area contributed by atoms with Gasteiger partial charge in [0.05, 0.1) is 12.7 Å². The van der Waals surface area contributed by atoms with Crippen molar-refractivity contribution in [2.75, 3.05) is 25.7 Å². The molecule has 0 radical (unpaired) electrons. The lowest BCUT2D eigenvalue weighted by molar-refractivity contribution is 0.0626. The highest BCUT2D eigenvalue weighted by molar-refractivity contribution is 7.98. The topological polar surface area (TPSA) is 75.6 Å². The Morgan fingerprint density at radius 1 is 1.48 bits per heavy atom. The number of hydrogen-bond donors (Lipinski definition) is 2. The van der Waals surface area contributed by atoms with Gasteiger partial charge in [0, 0.05) is 6.54 Å². The number of halogens is 1. The van der Waals surface area contributed by atoms with Gasteiger partial charge in [-0.15, -0.1) is 0 Å². The highest BCUT2D eigenvalue weighted by Gasteiger charge is 2.26. The lowest BCUT2D eigenvalue weighted by atomic mass is 10.1. The van der Waals surface area contributed by atoms with E-state index >= 15 is 0 Å². The third-order valence-electron chi connectivity index (χ3n) is 2.90. The Balaban J connectivity index is 2.90. The largest absolute Gasteiger partial charge is 0.495 e. The van der Waals surface area contributed by atoms with Crippen molar-refractivity contribution in [3.63, 3.8) is 0 Å². The van der Waals surface area contributed by atoms with Gasteiger partial charge < -0.3 is 9.84 Å². The monoisotopic (exact) mass is 337 g/mol. The van der Waals surface area contributed by atoms with Crippen LogP contribution in [0.25, 0.3) is 0 Å². The van der Waals surface area contributed by atoms with Crippen LogP contribution in [-0.2, 0) is 10.0 Å². The first-order chi connectivity index (χ1) is 9.72. The van der Waals surface area contributed by atoms with E-state index in [2.05, 4.69) is 4.72 Å². The second kappa shape index (κ2) is 7.44. The molecular weight excluding hydrogens is 317 g/mol. The fourth-order valence-electron chi connectivity index (χ4n) is 1.60. The van der Waals surface area contributed by atoms with Crippen molar-refractivity contribution in [2.24, 2.45) is 0 Å². The molecule has 5 nitrogen and oxygen atoms in total. The van der Waals surface area contributed by atoms with Crippen LogP contribution in [0.15, 0.2) is 23.1 Å². The molecule has 0 fully saturated rings. The van der Waals surface area contributed by atoms with E-state index in [1.807, 2.05) is 6.26 Å². The predicted octanol–water partition coefficient (Wildman–Crippen LogP) is 1.62. The Labute approximate surface area is 128 Å². The van der Waals surface area contributed by atoms with E-state index in [-0.39, 0.29) is 17.2 Å². The molecule has 0 amide bonds. The average molecular weight is 337 g/mol. The molecule has 0 aromatic heterocycles. The summed E-state index contributed by atoms with van der Waals surface area (Å²) in [5.74, 6) is 0.0795. The van der Waals surface area contributed by atoms with E-state index < -0.39 is 21.4 Å². The summed E-state index contributed by atoms with van der Waals surface area (Å²) < 4.78 is 44.9. The van der Waals surface area contributed by atoms with E-state index in [0.29, 0.717) is 12.2 Å². The maximum atomic E-state index is 13.3. The van der Waals surface area contributed by atoms with Crippen LogP contribution in [0.3, 0.4) is 0 Å². The quantitative estimate of drug-likeness (QED) is 0.754. The van der Waals surface area contributed by atoms with Crippen molar-refractivity contribution < 1.29 is 22.7 Å². The summed E-state index contributed by atoms with van der Waals surface area (Å²) in [5, 5.41) is 10.1. The Hall–Kier alpha value is -0.830. The molecule has 1 aromatic rings. The molecule has 0 aliphatic heterocycles. The van der Waals surface area contributed by atoms with Gasteiger partial charge in [-0.25, -0.2) is 17.5 Å². The highest BCUT2D eigenvalue weighted by atomic mass is 32.2. The zero-order chi connectivity index (χ0) is 16.1. The van der Waals surface area contributed by atoms with E-state index in [4.69, 9.17) is 4.74 Å². The number of thioether (sulfide) groups is 1. The molecule has 1 atom stereocenters. The number of aliphatic hydroxyl groups is 1. The molecule has 0 spiro atoms. The second-order valence-electron chi connectivity index (χ2n) is 4.86. The standard InChI is InChI=1S/C13H20FNO4S2/c1-13(16,6-7-20-3)9-15-21(17,18)12-8-10(14)4-5-11(12)19-2/h4-5,8,15-16H,6-7,9H2,1-3H3. The molecule has 21 heavy (non-hydrogen) atoms. The van der Waals surface area contributed by atoms with Crippen LogP contribution in [0.4, 0.5) is 4.39 Å². The van der Waals surface area contributed by atoms with Crippen molar-refractivity contribution in [1.29, 1.82) is 0 Å². The Morgan fingerprint density at radius 3 is 2.71 bits per heavy atom. The molecule has 0 heterocycles. The molecule has 1 aromatic carbocycles. The smallest absolute Gasteiger partial charge is 0.244 e. The highest BCUT2D eigenvalue weighted by Crippen LogP contribution is 2.24. The molecule has 2 N–H and O–H groups in total. The van der Waals surface area contributed by atoms with Crippen LogP contribution < -0.4 is 9.46 Å². The molecule has 0 bridgehead atoms. The SMILES string of the molecule is COc1ccc(F)cc1S(=O)(=O)NCC(C)(O)CCSC. The second-order valence-corrected chi connectivity index (χ2v) is 7.58. The lowest BCUT2D eigenvalue weighted by Gasteiger charge is -2.23. The minimum atomic E-state index is -3.97. The van der Waals surface area contributed by atoms with Crippen LogP contribution in [0.1, 0.15) is 13.3 Å². The number of nitrogens with one attached hydrogen (secondary N) is 1. The van der Waals surface area contributed by atoms with Gasteiger partial charge in [0.1, 0.15) is 16.5 Å². The Morgan fingerprint density at radius 2 is 2.14 bits per heavy atom. The summed E-state index contributed by atoms with van der Waals surface area (Å²) in [6, 6.07) is 3.25. The van der Waals surface area contributed by atoms with E-state index in [1.54, 1.807) is 18.7 Å². The van der Waals surface area contributed by atoms with Gasteiger partial charge in [-0.1, -0.05) is 0 Å². The van der Waals surface area contributed by atoms with Gasteiger partial charge in [-0.3, -0.25) is 0 Å². The van der Waals surface area contributed by atoms with Gasteiger partial charge in [-0.2, -0.15) is 11.8 Å². The zero-order valence-corrected chi connectivity index (χ0v) is 13.9. The Kier molecular flexibility index (Phi) is 6.45. The van der Waals surface area contributed by atoms with E-state index in [9.17, 15) is 17.9 Å². The molecule has 8 heteroatoms. The third-order valence-corrected chi connectivity index (χ3v) is 4.94. The van der Waals surface area contributed by atoms with Crippen molar-refractivity contribution >= 4 is 21.8 Å². The molecule has 0 saturated carbocycles. The zero-order valence-electron chi connectivity index (χ0n) is 12.2. The fourth-order valence-corrected chi connectivity index (χ4v) is 3.58. The van der Waals surface area contributed by atoms with Crippen LogP contribution >= 0.6 is 11.8 Å². The van der Waals surface area contributed by atoms with Crippen LogP contribution in [0.2, 0.25) is 0 Å². The van der Waals surface area contributed by atoms with Gasteiger partial charge >= 0.3 is 0 Å². The van der Waals surface area contributed by atoms with Crippen molar-refractivity contribution in [3.05, 3.63) is 24.0 Å². The third kappa shape index (κ3) is 5.46. The number of hydrogen-bond acceptors (Lipinski definition) is 5. The summed E-state index contributed by atoms with van der Waals surface area (Å²) in [4.78, 5) is -0.286. The number of rotatable bonds is 8. The van der Waals surface area contributed by atoms with Crippen molar-refractivity contribution in [2.45, 2.75) is 23.8 Å². The van der Waals surface area contributed by atoms with Gasteiger partial charge in [0.15, 0.2) is 0 Å². The molecule has 0 saturated heterocycles. The fraction of sp³-hybridized carbons (Fsp3) is 0.538. The number of ether oxygens (including phenoxy) is 1. The van der Waals surface area contributed by atoms with Crippen molar-refractivity contribution in [3.8, 4) is 5.75 Å². The minimum absolute atomic E-state index is 0.0488. The van der Waals surface area contributed by atoms with Gasteiger partial charge in [0.25, 0.3) is 0 Å². The molecular formula is C13H20FNO4S2. The summed E-state index contributed by atoms with van der Waals surface area (Å²) >= 11 is 1.56. The van der Waals surface area contributed by atoms with Crippen LogP contribution in [0.5, 0.6) is 5.75 Å². The van der Waals surface area contributed by atoms with Crippen LogP contribution in [-0.4, -0.2) is 44.8 Å². The van der Waals surface area contributed by atoms with Crippen LogP contribution in [0, 0.1) is 5.82 Å². The number of benzene rings is 1. The molecule has 120 valence electrons. The summed E-state index contributed by atoms with van der Waals surface area (Å²) in [6.45, 7) is 1.39. The summed E-state index contributed by atoms with van der Waals surface area (Å²) in [5.41, 5.74) is -1.17. The van der Waals surface area contributed by atoms with E-state index in [0.717, 1.165) is 12.1 Å². The first-order valence-corrected chi connectivity index (χ1v) is 9.14. The normalized spacial score (nSPS) is 14.7. The molecule has 1 unspecified atom stereocenters. The summed E-state index contributed by atoms with van der Waals surface area (Å²) in [7, 11) is -2.66. The lowest BCUT2D eigenvalue weighted by Crippen LogP contribution is -2.41. The first-order valence-electron chi connectivity index (χ1n) is 6.26. The first kappa shape index (κ1) is 18.2. The Bertz CT molecular complexity index is 576.